The molecule has 1 aromatic carbocycles. The van der Waals surface area contributed by atoms with Gasteiger partial charge in [-0.3, -0.25) is 0 Å². The summed E-state index contributed by atoms with van der Waals surface area (Å²) < 4.78 is 37.8. The molecule has 1 aromatic rings. The van der Waals surface area contributed by atoms with Gasteiger partial charge in [0.05, 0.1) is 16.6 Å². The van der Waals surface area contributed by atoms with Gasteiger partial charge in [-0.1, -0.05) is 17.7 Å². The molecule has 0 spiro atoms. The smallest absolute Gasteiger partial charge is 0.370 e. The second-order valence-corrected chi connectivity index (χ2v) is 5.40. The van der Waals surface area contributed by atoms with Gasteiger partial charge in [-0.2, -0.15) is 13.2 Å². The first kappa shape index (κ1) is 14.8. The van der Waals surface area contributed by atoms with Gasteiger partial charge in [0.1, 0.15) is 0 Å². The molecule has 0 atom stereocenters. The number of halogens is 5. The monoisotopic (exact) mass is 311 g/mol. The standard InChI is InChI=1S/C13H14Cl2F3N/c14-8-9-1-2-12(11(15)7-9)19-5-3-10(4-6-19)13(16,17)18/h1-2,7,10H,3-6,8H2. The van der Waals surface area contributed by atoms with Crippen LogP contribution in [0.25, 0.3) is 0 Å². The Morgan fingerprint density at radius 2 is 1.84 bits per heavy atom. The summed E-state index contributed by atoms with van der Waals surface area (Å²) in [5.74, 6) is -0.819. The van der Waals surface area contributed by atoms with Crippen molar-refractivity contribution in [2.75, 3.05) is 18.0 Å². The minimum absolute atomic E-state index is 0.122. The molecule has 0 aliphatic carbocycles. The van der Waals surface area contributed by atoms with Crippen molar-refractivity contribution in [2.45, 2.75) is 24.9 Å². The molecular formula is C13H14Cl2F3N. The highest BCUT2D eigenvalue weighted by Crippen LogP contribution is 2.37. The molecule has 19 heavy (non-hydrogen) atoms. The van der Waals surface area contributed by atoms with Gasteiger partial charge in [0.15, 0.2) is 0 Å². The van der Waals surface area contributed by atoms with Crippen LogP contribution in [0.2, 0.25) is 5.02 Å². The highest BCUT2D eigenvalue weighted by atomic mass is 35.5. The molecule has 1 heterocycles. The lowest BCUT2D eigenvalue weighted by molar-refractivity contribution is -0.179. The zero-order chi connectivity index (χ0) is 14.0. The molecule has 0 radical (unpaired) electrons. The number of hydrogen-bond acceptors (Lipinski definition) is 1. The van der Waals surface area contributed by atoms with Gasteiger partial charge in [0, 0.05) is 19.0 Å². The lowest BCUT2D eigenvalue weighted by Crippen LogP contribution is -2.39. The maximum atomic E-state index is 12.6. The van der Waals surface area contributed by atoms with E-state index in [4.69, 9.17) is 23.2 Å². The quantitative estimate of drug-likeness (QED) is 0.705. The van der Waals surface area contributed by atoms with E-state index in [1.807, 2.05) is 17.0 Å². The average Bonchev–Trinajstić information content (AvgIpc) is 2.37. The molecule has 1 saturated heterocycles. The summed E-state index contributed by atoms with van der Waals surface area (Å²) >= 11 is 11.9. The van der Waals surface area contributed by atoms with Crippen molar-refractivity contribution in [2.24, 2.45) is 5.92 Å². The SMILES string of the molecule is FC(F)(F)C1CCN(c2ccc(CCl)cc2Cl)CC1. The van der Waals surface area contributed by atoms with Gasteiger partial charge in [-0.15, -0.1) is 11.6 Å². The van der Waals surface area contributed by atoms with E-state index in [1.165, 1.54) is 0 Å². The van der Waals surface area contributed by atoms with E-state index in [0.717, 1.165) is 11.3 Å². The van der Waals surface area contributed by atoms with Crippen LogP contribution >= 0.6 is 23.2 Å². The lowest BCUT2D eigenvalue weighted by Gasteiger charge is -2.34. The molecule has 1 aliphatic rings. The summed E-state index contributed by atoms with van der Waals surface area (Å²) in [4.78, 5) is 1.91. The van der Waals surface area contributed by atoms with Gasteiger partial charge >= 0.3 is 6.18 Å². The number of hydrogen-bond donors (Lipinski definition) is 0. The minimum Gasteiger partial charge on any atom is -0.370 e. The first-order chi connectivity index (χ1) is 8.91. The Kier molecular flexibility index (Phi) is 4.51. The summed E-state index contributed by atoms with van der Waals surface area (Å²) in [5, 5.41) is 0.545. The topological polar surface area (TPSA) is 3.24 Å². The molecule has 1 aliphatic heterocycles. The zero-order valence-electron chi connectivity index (χ0n) is 10.2. The van der Waals surface area contributed by atoms with E-state index in [9.17, 15) is 13.2 Å². The zero-order valence-corrected chi connectivity index (χ0v) is 11.7. The third kappa shape index (κ3) is 3.48. The fraction of sp³-hybridized carbons (Fsp3) is 0.538. The van der Waals surface area contributed by atoms with Crippen LogP contribution in [0.4, 0.5) is 18.9 Å². The van der Waals surface area contributed by atoms with E-state index in [-0.39, 0.29) is 12.8 Å². The first-order valence-electron chi connectivity index (χ1n) is 6.08. The van der Waals surface area contributed by atoms with Crippen molar-refractivity contribution in [3.8, 4) is 0 Å². The molecule has 1 fully saturated rings. The molecule has 106 valence electrons. The summed E-state index contributed by atoms with van der Waals surface area (Å²) in [7, 11) is 0. The van der Waals surface area contributed by atoms with Crippen LogP contribution in [-0.4, -0.2) is 19.3 Å². The van der Waals surface area contributed by atoms with Crippen molar-refractivity contribution in [3.05, 3.63) is 28.8 Å². The number of anilines is 1. The van der Waals surface area contributed by atoms with E-state index in [1.54, 1.807) is 6.07 Å². The maximum absolute atomic E-state index is 12.6. The summed E-state index contributed by atoms with van der Waals surface area (Å²) in [5.41, 5.74) is 1.69. The molecule has 6 heteroatoms. The second-order valence-electron chi connectivity index (χ2n) is 4.72. The van der Waals surface area contributed by atoms with Crippen LogP contribution in [0.1, 0.15) is 18.4 Å². The third-order valence-corrected chi connectivity index (χ3v) is 4.08. The second kappa shape index (κ2) is 5.80. The van der Waals surface area contributed by atoms with Crippen LogP contribution in [0.3, 0.4) is 0 Å². The number of piperidine rings is 1. The third-order valence-electron chi connectivity index (χ3n) is 3.46. The summed E-state index contributed by atoms with van der Waals surface area (Å²) in [6.07, 6.45) is -3.84. The highest BCUT2D eigenvalue weighted by Gasteiger charge is 2.41. The molecule has 2 rings (SSSR count). The summed E-state index contributed by atoms with van der Waals surface area (Å²) in [6, 6.07) is 5.44. The Morgan fingerprint density at radius 1 is 1.21 bits per heavy atom. The van der Waals surface area contributed by atoms with Gasteiger partial charge in [0.25, 0.3) is 0 Å². The number of rotatable bonds is 2. The Balaban J connectivity index is 2.06. The molecule has 1 nitrogen and oxygen atoms in total. The van der Waals surface area contributed by atoms with E-state index in [2.05, 4.69) is 0 Å². The van der Waals surface area contributed by atoms with Crippen LogP contribution in [0.15, 0.2) is 18.2 Å². The first-order valence-corrected chi connectivity index (χ1v) is 6.99. The van der Waals surface area contributed by atoms with Gasteiger partial charge < -0.3 is 4.90 Å². The van der Waals surface area contributed by atoms with Crippen LogP contribution < -0.4 is 4.90 Å². The molecular weight excluding hydrogens is 298 g/mol. The number of nitrogens with zero attached hydrogens (tertiary/aromatic N) is 1. The minimum atomic E-state index is -4.08. The van der Waals surface area contributed by atoms with E-state index < -0.39 is 12.1 Å². The average molecular weight is 312 g/mol. The normalized spacial score (nSPS) is 17.8. The van der Waals surface area contributed by atoms with E-state index >= 15 is 0 Å². The molecule has 0 aromatic heterocycles. The fourth-order valence-electron chi connectivity index (χ4n) is 2.34. The Bertz CT molecular complexity index is 440. The van der Waals surface area contributed by atoms with E-state index in [0.29, 0.717) is 24.0 Å². The largest absolute Gasteiger partial charge is 0.391 e. The Labute approximate surface area is 120 Å². The van der Waals surface area contributed by atoms with Crippen molar-refractivity contribution in [3.63, 3.8) is 0 Å². The lowest BCUT2D eigenvalue weighted by atomic mass is 9.96. The Morgan fingerprint density at radius 3 is 2.32 bits per heavy atom. The fourth-order valence-corrected chi connectivity index (χ4v) is 2.83. The highest BCUT2D eigenvalue weighted by molar-refractivity contribution is 6.33. The van der Waals surface area contributed by atoms with Crippen molar-refractivity contribution in [1.29, 1.82) is 0 Å². The van der Waals surface area contributed by atoms with Crippen molar-refractivity contribution < 1.29 is 13.2 Å². The number of benzene rings is 1. The molecule has 0 amide bonds. The maximum Gasteiger partial charge on any atom is 0.391 e. The van der Waals surface area contributed by atoms with Gasteiger partial charge in [-0.05, 0) is 30.5 Å². The Hall–Kier alpha value is -0.610. The summed E-state index contributed by atoms with van der Waals surface area (Å²) in [6.45, 7) is 0.758. The van der Waals surface area contributed by atoms with Gasteiger partial charge in [-0.25, -0.2) is 0 Å². The number of alkyl halides is 4. The van der Waals surface area contributed by atoms with Crippen LogP contribution in [0.5, 0.6) is 0 Å². The molecule has 0 saturated carbocycles. The van der Waals surface area contributed by atoms with Crippen LogP contribution in [-0.2, 0) is 5.88 Å². The van der Waals surface area contributed by atoms with Crippen molar-refractivity contribution >= 4 is 28.9 Å². The molecule has 0 N–H and O–H groups in total. The molecule has 0 unspecified atom stereocenters. The molecule has 0 bridgehead atoms. The predicted molar refractivity (Wildman–Crippen MR) is 72.0 cm³/mol. The van der Waals surface area contributed by atoms with Gasteiger partial charge in [0.2, 0.25) is 0 Å². The van der Waals surface area contributed by atoms with Crippen LogP contribution in [0, 0.1) is 5.92 Å². The predicted octanol–water partition coefficient (Wildman–Crippen LogP) is 4.86. The van der Waals surface area contributed by atoms with Crippen molar-refractivity contribution in [1.82, 2.24) is 0 Å².